The van der Waals surface area contributed by atoms with Crippen LogP contribution in [0.4, 0.5) is 5.69 Å². The van der Waals surface area contributed by atoms with E-state index in [1.165, 1.54) is 6.42 Å². The summed E-state index contributed by atoms with van der Waals surface area (Å²) in [6.45, 7) is 0. The summed E-state index contributed by atoms with van der Waals surface area (Å²) in [6.07, 6.45) is 6.84. The topological polar surface area (TPSA) is 49.3 Å². The van der Waals surface area contributed by atoms with Crippen LogP contribution >= 0.6 is 11.6 Å². The van der Waals surface area contributed by atoms with Crippen LogP contribution in [0.5, 0.6) is 0 Å². The Kier molecular flexibility index (Phi) is 2.78. The summed E-state index contributed by atoms with van der Waals surface area (Å²) in [5, 5.41) is 12.7. The molecule has 0 spiro atoms. The molecule has 1 aromatic carbocycles. The molecular formula is C14H14ClNO2. The Morgan fingerprint density at radius 2 is 2.28 bits per heavy atom. The van der Waals surface area contributed by atoms with E-state index in [9.17, 15) is 4.79 Å². The molecule has 94 valence electrons. The van der Waals surface area contributed by atoms with E-state index in [4.69, 9.17) is 16.7 Å². The Hall–Kier alpha value is -1.48. The van der Waals surface area contributed by atoms with Gasteiger partial charge in [0.1, 0.15) is 0 Å². The van der Waals surface area contributed by atoms with Crippen molar-refractivity contribution in [1.29, 1.82) is 0 Å². The molecule has 18 heavy (non-hydrogen) atoms. The molecule has 2 aliphatic carbocycles. The highest BCUT2D eigenvalue weighted by atomic mass is 35.5. The number of carbonyl (C=O) groups is 1. The maximum atomic E-state index is 11.0. The van der Waals surface area contributed by atoms with E-state index in [1.807, 2.05) is 6.07 Å². The minimum Gasteiger partial charge on any atom is -0.478 e. The fourth-order valence-corrected chi connectivity index (χ4v) is 3.07. The van der Waals surface area contributed by atoms with Crippen molar-refractivity contribution in [2.75, 3.05) is 5.32 Å². The normalized spacial score (nSPS) is 28.6. The van der Waals surface area contributed by atoms with Crippen LogP contribution < -0.4 is 5.32 Å². The predicted molar refractivity (Wildman–Crippen MR) is 71.2 cm³/mol. The second kappa shape index (κ2) is 4.32. The number of carboxylic acid groups (broad SMARTS) is 1. The number of anilines is 1. The van der Waals surface area contributed by atoms with Crippen LogP contribution in [0.3, 0.4) is 0 Å². The molecule has 1 saturated carbocycles. The monoisotopic (exact) mass is 263 g/mol. The maximum absolute atomic E-state index is 11.0. The lowest BCUT2D eigenvalue weighted by atomic mass is 9.71. The van der Waals surface area contributed by atoms with Gasteiger partial charge in [0.15, 0.2) is 0 Å². The number of hydrogen-bond donors (Lipinski definition) is 2. The number of carboxylic acids is 1. The van der Waals surface area contributed by atoms with E-state index in [0.29, 0.717) is 12.0 Å². The molecular weight excluding hydrogens is 250 g/mol. The smallest absolute Gasteiger partial charge is 0.337 e. The first kappa shape index (κ1) is 11.6. The Balaban J connectivity index is 1.75. The van der Waals surface area contributed by atoms with Crippen molar-refractivity contribution in [3.63, 3.8) is 0 Å². The number of fused-ring (bicyclic) bond motifs is 1. The third-order valence-corrected chi connectivity index (χ3v) is 4.24. The van der Waals surface area contributed by atoms with Crippen molar-refractivity contribution in [2.24, 2.45) is 11.8 Å². The molecule has 3 nitrogen and oxygen atoms in total. The van der Waals surface area contributed by atoms with Gasteiger partial charge in [0, 0.05) is 17.6 Å². The number of aromatic carboxylic acids is 1. The van der Waals surface area contributed by atoms with Crippen LogP contribution in [-0.2, 0) is 0 Å². The summed E-state index contributed by atoms with van der Waals surface area (Å²) in [5.74, 6) is 0.401. The number of halogens is 1. The maximum Gasteiger partial charge on any atom is 0.337 e. The standard InChI is InChI=1S/C14H14ClNO2/c15-12-5-4-9(7-11(12)14(17)18)16-13-6-8-2-1-3-10(8)13/h1,3-5,7-8,10,13,16H,2,6H2,(H,17,18). The molecule has 0 aliphatic heterocycles. The van der Waals surface area contributed by atoms with E-state index < -0.39 is 5.97 Å². The fourth-order valence-electron chi connectivity index (χ4n) is 2.88. The van der Waals surface area contributed by atoms with E-state index in [-0.39, 0.29) is 10.6 Å². The van der Waals surface area contributed by atoms with Crippen molar-refractivity contribution in [3.8, 4) is 0 Å². The van der Waals surface area contributed by atoms with Gasteiger partial charge in [-0.2, -0.15) is 0 Å². The van der Waals surface area contributed by atoms with E-state index >= 15 is 0 Å². The first-order valence-electron chi connectivity index (χ1n) is 6.11. The zero-order valence-electron chi connectivity index (χ0n) is 9.77. The van der Waals surface area contributed by atoms with E-state index in [2.05, 4.69) is 17.5 Å². The molecule has 0 heterocycles. The Labute approximate surface area is 110 Å². The van der Waals surface area contributed by atoms with Gasteiger partial charge in [-0.3, -0.25) is 0 Å². The van der Waals surface area contributed by atoms with Crippen molar-refractivity contribution in [2.45, 2.75) is 18.9 Å². The lowest BCUT2D eigenvalue weighted by Crippen LogP contribution is -2.43. The Bertz CT molecular complexity index is 527. The Morgan fingerprint density at radius 1 is 1.44 bits per heavy atom. The van der Waals surface area contributed by atoms with Gasteiger partial charge in [0.25, 0.3) is 0 Å². The van der Waals surface area contributed by atoms with Gasteiger partial charge in [0.05, 0.1) is 10.6 Å². The molecule has 3 rings (SSSR count). The number of nitrogens with one attached hydrogen (secondary N) is 1. The third kappa shape index (κ3) is 1.89. The first-order chi connectivity index (χ1) is 8.65. The van der Waals surface area contributed by atoms with Crippen molar-refractivity contribution >= 4 is 23.3 Å². The van der Waals surface area contributed by atoms with Crippen molar-refractivity contribution < 1.29 is 9.90 Å². The molecule has 0 radical (unpaired) electrons. The molecule has 0 bridgehead atoms. The summed E-state index contributed by atoms with van der Waals surface area (Å²) in [6, 6.07) is 5.50. The minimum absolute atomic E-state index is 0.152. The zero-order chi connectivity index (χ0) is 12.7. The number of benzene rings is 1. The SMILES string of the molecule is O=C(O)c1cc(NC2CC3CC=CC32)ccc1Cl. The average Bonchev–Trinajstić information content (AvgIpc) is 2.69. The summed E-state index contributed by atoms with van der Waals surface area (Å²) in [5.41, 5.74) is 0.986. The van der Waals surface area contributed by atoms with E-state index in [1.54, 1.807) is 12.1 Å². The molecule has 1 fully saturated rings. The second-order valence-corrected chi connectivity index (χ2v) is 5.39. The molecule has 0 saturated heterocycles. The summed E-state index contributed by atoms with van der Waals surface area (Å²) < 4.78 is 0. The largest absolute Gasteiger partial charge is 0.478 e. The zero-order valence-corrected chi connectivity index (χ0v) is 10.5. The van der Waals surface area contributed by atoms with Crippen LogP contribution in [0.2, 0.25) is 5.02 Å². The molecule has 0 aromatic heterocycles. The quantitative estimate of drug-likeness (QED) is 0.822. The van der Waals surface area contributed by atoms with E-state index in [0.717, 1.165) is 18.0 Å². The van der Waals surface area contributed by atoms with Gasteiger partial charge in [0.2, 0.25) is 0 Å². The average molecular weight is 264 g/mol. The summed E-state index contributed by atoms with van der Waals surface area (Å²) in [7, 11) is 0. The summed E-state index contributed by atoms with van der Waals surface area (Å²) in [4.78, 5) is 11.0. The molecule has 3 atom stereocenters. The van der Waals surface area contributed by atoms with Gasteiger partial charge in [-0.1, -0.05) is 23.8 Å². The molecule has 2 N–H and O–H groups in total. The lowest BCUT2D eigenvalue weighted by molar-refractivity contribution is 0.0697. The van der Waals surface area contributed by atoms with Crippen LogP contribution in [0.25, 0.3) is 0 Å². The number of allylic oxidation sites excluding steroid dienone is 1. The van der Waals surface area contributed by atoms with Gasteiger partial charge in [-0.05, 0) is 37.0 Å². The molecule has 4 heteroatoms. The van der Waals surface area contributed by atoms with Gasteiger partial charge in [-0.25, -0.2) is 4.79 Å². The highest BCUT2D eigenvalue weighted by Crippen LogP contribution is 2.44. The van der Waals surface area contributed by atoms with Crippen molar-refractivity contribution in [1.82, 2.24) is 0 Å². The van der Waals surface area contributed by atoms with Crippen LogP contribution in [0.1, 0.15) is 23.2 Å². The lowest BCUT2D eigenvalue weighted by Gasteiger charge is -2.41. The Morgan fingerprint density at radius 3 is 3.00 bits per heavy atom. The van der Waals surface area contributed by atoms with Crippen molar-refractivity contribution in [3.05, 3.63) is 40.9 Å². The van der Waals surface area contributed by atoms with Gasteiger partial charge in [-0.15, -0.1) is 0 Å². The molecule has 3 unspecified atom stereocenters. The third-order valence-electron chi connectivity index (χ3n) is 3.91. The molecule has 1 aromatic rings. The predicted octanol–water partition coefficient (Wildman–Crippen LogP) is 3.41. The number of rotatable bonds is 3. The molecule has 0 amide bonds. The fraction of sp³-hybridized carbons (Fsp3) is 0.357. The summed E-state index contributed by atoms with van der Waals surface area (Å²) >= 11 is 5.84. The van der Waals surface area contributed by atoms with Crippen LogP contribution in [0, 0.1) is 11.8 Å². The second-order valence-electron chi connectivity index (χ2n) is 4.99. The van der Waals surface area contributed by atoms with Gasteiger partial charge >= 0.3 is 5.97 Å². The van der Waals surface area contributed by atoms with Crippen LogP contribution in [0.15, 0.2) is 30.4 Å². The first-order valence-corrected chi connectivity index (χ1v) is 6.49. The highest BCUT2D eigenvalue weighted by Gasteiger charge is 2.40. The molecule has 2 aliphatic rings. The van der Waals surface area contributed by atoms with Crippen LogP contribution in [-0.4, -0.2) is 17.1 Å². The van der Waals surface area contributed by atoms with Gasteiger partial charge < -0.3 is 10.4 Å². The number of hydrogen-bond acceptors (Lipinski definition) is 2. The minimum atomic E-state index is -0.990. The highest BCUT2D eigenvalue weighted by molar-refractivity contribution is 6.33.